The number of hydrogen-bond donors (Lipinski definition) is 1. The van der Waals surface area contributed by atoms with Crippen LogP contribution in [0.25, 0.3) is 5.95 Å². The van der Waals surface area contributed by atoms with Crippen molar-refractivity contribution in [2.24, 2.45) is 0 Å². The van der Waals surface area contributed by atoms with Crippen molar-refractivity contribution in [2.75, 3.05) is 11.9 Å². The smallest absolute Gasteiger partial charge is 0.416 e. The fraction of sp³-hybridized carbons (Fsp3) is 0.364. The summed E-state index contributed by atoms with van der Waals surface area (Å²) in [6.45, 7) is 6.68. The third-order valence-electron chi connectivity index (χ3n) is 4.55. The average Bonchev–Trinajstić information content (AvgIpc) is 3.22. The first-order chi connectivity index (χ1) is 16.7. The summed E-state index contributed by atoms with van der Waals surface area (Å²) < 4.78 is 46.2. The Bertz CT molecular complexity index is 1260. The predicted molar refractivity (Wildman–Crippen MR) is 127 cm³/mol. The molecule has 2 heterocycles. The number of alkyl halides is 3. The monoisotopic (exact) mass is 569 g/mol. The van der Waals surface area contributed by atoms with Gasteiger partial charge in [-0.05, 0) is 52.0 Å². The van der Waals surface area contributed by atoms with E-state index >= 15 is 0 Å². The first-order valence-corrected chi connectivity index (χ1v) is 11.3. The van der Waals surface area contributed by atoms with Gasteiger partial charge in [0.05, 0.1) is 11.6 Å². The van der Waals surface area contributed by atoms with Crippen molar-refractivity contribution in [1.82, 2.24) is 30.0 Å². The van der Waals surface area contributed by atoms with E-state index in [1.165, 1.54) is 30.2 Å². The van der Waals surface area contributed by atoms with Crippen LogP contribution in [0.3, 0.4) is 0 Å². The maximum Gasteiger partial charge on any atom is 0.416 e. The topological polar surface area (TPSA) is 115 Å². The molecule has 2 aromatic heterocycles. The van der Waals surface area contributed by atoms with Gasteiger partial charge in [0.1, 0.15) is 5.60 Å². The Labute approximate surface area is 213 Å². The van der Waals surface area contributed by atoms with Crippen LogP contribution in [-0.4, -0.2) is 49.4 Å². The number of nitrogens with zero attached hydrogens (tertiary/aromatic N) is 6. The molecule has 0 bridgehead atoms. The lowest BCUT2D eigenvalue weighted by Gasteiger charge is -2.22. The van der Waals surface area contributed by atoms with E-state index in [0.717, 1.165) is 17.0 Å². The fourth-order valence-corrected chi connectivity index (χ4v) is 3.42. The number of benzene rings is 1. The molecule has 3 rings (SSSR count). The molecule has 0 saturated heterocycles. The number of halogens is 4. The molecule has 192 valence electrons. The Hall–Kier alpha value is -3.55. The van der Waals surface area contributed by atoms with Gasteiger partial charge in [0.2, 0.25) is 0 Å². The van der Waals surface area contributed by atoms with E-state index in [1.54, 1.807) is 33.8 Å². The second-order valence-electron chi connectivity index (χ2n) is 8.69. The van der Waals surface area contributed by atoms with Gasteiger partial charge in [-0.15, -0.1) is 5.10 Å². The van der Waals surface area contributed by atoms with Crippen molar-refractivity contribution in [3.63, 3.8) is 0 Å². The van der Waals surface area contributed by atoms with Crippen LogP contribution >= 0.6 is 15.9 Å². The summed E-state index contributed by atoms with van der Waals surface area (Å²) in [6.07, 6.45) is -2.41. The van der Waals surface area contributed by atoms with Gasteiger partial charge in [0.15, 0.2) is 5.82 Å². The molecule has 0 aliphatic carbocycles. The van der Waals surface area contributed by atoms with Gasteiger partial charge >= 0.3 is 12.3 Å². The number of carbonyl (C=O) groups is 2. The Balaban J connectivity index is 1.95. The van der Waals surface area contributed by atoms with Crippen molar-refractivity contribution < 1.29 is 27.5 Å². The van der Waals surface area contributed by atoms with E-state index < -0.39 is 35.4 Å². The zero-order valence-electron chi connectivity index (χ0n) is 20.0. The lowest BCUT2D eigenvalue weighted by atomic mass is 10.1. The molecule has 0 saturated carbocycles. The summed E-state index contributed by atoms with van der Waals surface area (Å²) in [5, 5.41) is 6.90. The number of nitrogens with one attached hydrogen (secondary N) is 1. The van der Waals surface area contributed by atoms with Crippen molar-refractivity contribution in [3.05, 3.63) is 58.1 Å². The molecule has 36 heavy (non-hydrogen) atoms. The summed E-state index contributed by atoms with van der Waals surface area (Å²) in [4.78, 5) is 39.0. The van der Waals surface area contributed by atoms with Gasteiger partial charge in [0.25, 0.3) is 17.8 Å². The summed E-state index contributed by atoms with van der Waals surface area (Å²) in [5.74, 6) is -0.604. The van der Waals surface area contributed by atoms with E-state index in [-0.39, 0.29) is 27.8 Å². The van der Waals surface area contributed by atoms with Crippen LogP contribution in [-0.2, 0) is 10.9 Å². The third kappa shape index (κ3) is 6.56. The van der Waals surface area contributed by atoms with E-state index in [2.05, 4.69) is 41.3 Å². The zero-order valence-corrected chi connectivity index (χ0v) is 21.5. The molecule has 2 amide bonds. The molecule has 1 unspecified atom stereocenters. The highest BCUT2D eigenvalue weighted by atomic mass is 79.9. The number of rotatable bonds is 5. The number of ether oxygens (including phenoxy) is 1. The summed E-state index contributed by atoms with van der Waals surface area (Å²) >= 11 is 3.01. The fourth-order valence-electron chi connectivity index (χ4n) is 2.92. The Morgan fingerprint density at radius 3 is 2.36 bits per heavy atom. The van der Waals surface area contributed by atoms with Crippen LogP contribution < -0.4 is 10.2 Å². The third-order valence-corrected chi connectivity index (χ3v) is 5.01. The largest absolute Gasteiger partial charge is 0.443 e. The summed E-state index contributed by atoms with van der Waals surface area (Å²) in [5.41, 5.74) is -1.95. The lowest BCUT2D eigenvalue weighted by molar-refractivity contribution is -0.137. The SMILES string of the molecule is CC(NC(=O)c1cc(Br)cc(C(F)(F)F)c1)c1nc(N(C)C(=O)OC(C)(C)C)nn1-c1ncccn1. The molecule has 0 aliphatic rings. The van der Waals surface area contributed by atoms with E-state index in [4.69, 9.17) is 4.74 Å². The van der Waals surface area contributed by atoms with E-state index in [1.807, 2.05) is 0 Å². The normalized spacial score (nSPS) is 12.7. The van der Waals surface area contributed by atoms with Crippen molar-refractivity contribution in [3.8, 4) is 5.95 Å². The number of hydrogen-bond acceptors (Lipinski definition) is 7. The maximum absolute atomic E-state index is 13.2. The molecule has 0 radical (unpaired) electrons. The summed E-state index contributed by atoms with van der Waals surface area (Å²) in [6, 6.07) is 3.61. The molecule has 0 aliphatic heterocycles. The average molecular weight is 570 g/mol. The molecule has 1 atom stereocenters. The highest BCUT2D eigenvalue weighted by Crippen LogP contribution is 2.32. The van der Waals surface area contributed by atoms with Crippen molar-refractivity contribution in [1.29, 1.82) is 0 Å². The maximum atomic E-state index is 13.2. The molecule has 1 N–H and O–H groups in total. The minimum Gasteiger partial charge on any atom is -0.443 e. The minimum absolute atomic E-state index is 0.0605. The molecule has 3 aromatic rings. The highest BCUT2D eigenvalue weighted by Gasteiger charge is 2.32. The van der Waals surface area contributed by atoms with Crippen LogP contribution in [0.1, 0.15) is 55.5 Å². The van der Waals surface area contributed by atoms with Crippen molar-refractivity contribution >= 4 is 33.9 Å². The molecule has 0 fully saturated rings. The summed E-state index contributed by atoms with van der Waals surface area (Å²) in [7, 11) is 1.41. The number of aromatic nitrogens is 5. The highest BCUT2D eigenvalue weighted by molar-refractivity contribution is 9.10. The molecule has 1 aromatic carbocycles. The zero-order chi connectivity index (χ0) is 26.8. The second kappa shape index (κ2) is 10.2. The number of carbonyl (C=O) groups excluding carboxylic acids is 2. The molecular weight excluding hydrogens is 547 g/mol. The van der Waals surface area contributed by atoms with Gasteiger partial charge in [-0.25, -0.2) is 19.7 Å². The molecule has 0 spiro atoms. The van der Waals surface area contributed by atoms with Crippen LogP contribution in [0.2, 0.25) is 0 Å². The van der Waals surface area contributed by atoms with Crippen LogP contribution in [0, 0.1) is 0 Å². The standard InChI is InChI=1S/C22H23BrF3N7O3/c1-12(29-17(34)13-9-14(22(24,25)26)11-15(23)10-13)16-30-19(32(5)20(35)36-21(2,3)4)31-33(16)18-27-7-6-8-28-18/h6-12H,1-5H3,(H,29,34). The van der Waals surface area contributed by atoms with E-state index in [9.17, 15) is 22.8 Å². The predicted octanol–water partition coefficient (Wildman–Crippen LogP) is 4.70. The van der Waals surface area contributed by atoms with Gasteiger partial charge < -0.3 is 10.1 Å². The first kappa shape index (κ1) is 27.0. The van der Waals surface area contributed by atoms with Crippen LogP contribution in [0.4, 0.5) is 23.9 Å². The molecular formula is C22H23BrF3N7O3. The quantitative estimate of drug-likeness (QED) is 0.473. The number of amides is 2. The van der Waals surface area contributed by atoms with Gasteiger partial charge in [-0.2, -0.15) is 22.8 Å². The molecule has 14 heteroatoms. The van der Waals surface area contributed by atoms with Crippen LogP contribution in [0.15, 0.2) is 41.1 Å². The lowest BCUT2D eigenvalue weighted by Crippen LogP contribution is -2.34. The first-order valence-electron chi connectivity index (χ1n) is 10.6. The van der Waals surface area contributed by atoms with Gasteiger partial charge in [-0.1, -0.05) is 15.9 Å². The van der Waals surface area contributed by atoms with Crippen LogP contribution in [0.5, 0.6) is 0 Å². The Morgan fingerprint density at radius 2 is 1.78 bits per heavy atom. The minimum atomic E-state index is -4.63. The Kier molecular flexibility index (Phi) is 7.67. The number of anilines is 1. The van der Waals surface area contributed by atoms with Gasteiger partial charge in [-0.3, -0.25) is 4.79 Å². The second-order valence-corrected chi connectivity index (χ2v) is 9.61. The molecule has 10 nitrogen and oxygen atoms in total. The van der Waals surface area contributed by atoms with Crippen molar-refractivity contribution in [2.45, 2.75) is 45.5 Å². The van der Waals surface area contributed by atoms with E-state index in [0.29, 0.717) is 0 Å². The Morgan fingerprint density at radius 1 is 1.14 bits per heavy atom. The van der Waals surface area contributed by atoms with Gasteiger partial charge in [0, 0.05) is 29.5 Å².